The first kappa shape index (κ1) is 19.1. The van der Waals surface area contributed by atoms with Crippen LogP contribution in [0.4, 0.5) is 17.5 Å². The van der Waals surface area contributed by atoms with Crippen LogP contribution in [-0.4, -0.2) is 48.2 Å². The summed E-state index contributed by atoms with van der Waals surface area (Å²) >= 11 is 0. The van der Waals surface area contributed by atoms with E-state index in [0.717, 1.165) is 41.9 Å². The SMILES string of the molecule is Cc1noc(C)c1CCC(=O)Nc1cnc(N2CCCCC2)nc1N(C)C. The number of rotatable bonds is 6. The van der Waals surface area contributed by atoms with E-state index in [1.165, 1.54) is 19.3 Å². The average Bonchev–Trinajstić information content (AvgIpc) is 2.98. The van der Waals surface area contributed by atoms with Crippen LogP contribution in [0, 0.1) is 13.8 Å². The fourth-order valence-electron chi connectivity index (χ4n) is 3.35. The maximum Gasteiger partial charge on any atom is 0.227 e. The van der Waals surface area contributed by atoms with E-state index in [1.54, 1.807) is 6.20 Å². The topological polar surface area (TPSA) is 87.4 Å². The van der Waals surface area contributed by atoms with Gasteiger partial charge in [0.1, 0.15) is 11.4 Å². The Morgan fingerprint density at radius 2 is 2.00 bits per heavy atom. The molecule has 3 rings (SSSR count). The molecule has 0 unspecified atom stereocenters. The van der Waals surface area contributed by atoms with Crippen LogP contribution in [0.15, 0.2) is 10.7 Å². The van der Waals surface area contributed by atoms with Crippen molar-refractivity contribution in [2.45, 2.75) is 46.0 Å². The smallest absolute Gasteiger partial charge is 0.227 e. The van der Waals surface area contributed by atoms with Gasteiger partial charge in [-0.2, -0.15) is 4.98 Å². The third kappa shape index (κ3) is 4.56. The number of nitrogens with one attached hydrogen (secondary N) is 1. The Labute approximate surface area is 159 Å². The molecule has 0 bridgehead atoms. The minimum Gasteiger partial charge on any atom is -0.361 e. The van der Waals surface area contributed by atoms with Gasteiger partial charge in [0.2, 0.25) is 11.9 Å². The first-order valence-electron chi connectivity index (χ1n) is 9.46. The summed E-state index contributed by atoms with van der Waals surface area (Å²) in [6.07, 6.45) is 6.25. The zero-order valence-corrected chi connectivity index (χ0v) is 16.6. The largest absolute Gasteiger partial charge is 0.361 e. The van der Waals surface area contributed by atoms with E-state index in [9.17, 15) is 4.79 Å². The number of hydrogen-bond acceptors (Lipinski definition) is 7. The highest BCUT2D eigenvalue weighted by Crippen LogP contribution is 2.25. The number of amides is 1. The molecule has 3 heterocycles. The Balaban J connectivity index is 1.68. The molecule has 1 aliphatic heterocycles. The van der Waals surface area contributed by atoms with Gasteiger partial charge in [0, 0.05) is 39.2 Å². The average molecular weight is 372 g/mol. The lowest BCUT2D eigenvalue weighted by Gasteiger charge is -2.28. The van der Waals surface area contributed by atoms with E-state index in [-0.39, 0.29) is 5.91 Å². The molecule has 0 atom stereocenters. The molecule has 0 radical (unpaired) electrons. The molecule has 1 saturated heterocycles. The van der Waals surface area contributed by atoms with E-state index in [0.29, 0.717) is 18.5 Å². The first-order valence-corrected chi connectivity index (χ1v) is 9.46. The van der Waals surface area contributed by atoms with Crippen molar-refractivity contribution in [1.29, 1.82) is 0 Å². The molecule has 1 N–H and O–H groups in total. The van der Waals surface area contributed by atoms with Crippen LogP contribution in [0.3, 0.4) is 0 Å². The van der Waals surface area contributed by atoms with Crippen molar-refractivity contribution in [3.8, 4) is 0 Å². The van der Waals surface area contributed by atoms with Crippen molar-refractivity contribution in [2.75, 3.05) is 42.3 Å². The molecule has 8 heteroatoms. The van der Waals surface area contributed by atoms with Crippen LogP contribution >= 0.6 is 0 Å². The minimum absolute atomic E-state index is 0.0765. The van der Waals surface area contributed by atoms with Gasteiger partial charge in [0.05, 0.1) is 11.9 Å². The number of carbonyl (C=O) groups is 1. The summed E-state index contributed by atoms with van der Waals surface area (Å²) in [6.45, 7) is 5.72. The molecule has 1 aliphatic rings. The molecular weight excluding hydrogens is 344 g/mol. The predicted molar refractivity (Wildman–Crippen MR) is 105 cm³/mol. The minimum atomic E-state index is -0.0765. The number of anilines is 3. The molecular formula is C19H28N6O2. The van der Waals surface area contributed by atoms with Gasteiger partial charge in [-0.15, -0.1) is 0 Å². The zero-order valence-electron chi connectivity index (χ0n) is 16.6. The van der Waals surface area contributed by atoms with E-state index in [4.69, 9.17) is 4.52 Å². The summed E-state index contributed by atoms with van der Waals surface area (Å²) in [5.74, 6) is 2.14. The van der Waals surface area contributed by atoms with Crippen molar-refractivity contribution in [3.63, 3.8) is 0 Å². The second kappa shape index (κ2) is 8.37. The van der Waals surface area contributed by atoms with Crippen LogP contribution in [-0.2, 0) is 11.2 Å². The quantitative estimate of drug-likeness (QED) is 0.834. The Hall–Kier alpha value is -2.64. The van der Waals surface area contributed by atoms with Crippen LogP contribution in [0.25, 0.3) is 0 Å². The third-order valence-electron chi connectivity index (χ3n) is 4.88. The molecule has 2 aromatic heterocycles. The lowest BCUT2D eigenvalue weighted by Crippen LogP contribution is -2.31. The normalized spacial score (nSPS) is 14.3. The number of nitrogens with zero attached hydrogens (tertiary/aromatic N) is 5. The van der Waals surface area contributed by atoms with Gasteiger partial charge in [-0.05, 0) is 39.5 Å². The number of piperidine rings is 1. The molecule has 0 spiro atoms. The van der Waals surface area contributed by atoms with Gasteiger partial charge >= 0.3 is 0 Å². The number of hydrogen-bond donors (Lipinski definition) is 1. The second-order valence-corrected chi connectivity index (χ2v) is 7.20. The van der Waals surface area contributed by atoms with Gasteiger partial charge in [-0.1, -0.05) is 5.16 Å². The molecule has 8 nitrogen and oxygen atoms in total. The van der Waals surface area contributed by atoms with Gasteiger partial charge in [0.15, 0.2) is 5.82 Å². The van der Waals surface area contributed by atoms with E-state index in [2.05, 4.69) is 25.3 Å². The Bertz CT molecular complexity index is 776. The molecule has 1 fully saturated rings. The monoisotopic (exact) mass is 372 g/mol. The maximum absolute atomic E-state index is 12.4. The highest BCUT2D eigenvalue weighted by molar-refractivity contribution is 5.93. The molecule has 27 heavy (non-hydrogen) atoms. The van der Waals surface area contributed by atoms with Gasteiger partial charge in [0.25, 0.3) is 0 Å². The fraction of sp³-hybridized carbons (Fsp3) is 0.579. The van der Waals surface area contributed by atoms with Crippen molar-refractivity contribution in [2.24, 2.45) is 0 Å². The van der Waals surface area contributed by atoms with Gasteiger partial charge in [-0.25, -0.2) is 4.98 Å². The van der Waals surface area contributed by atoms with Crippen LogP contribution in [0.2, 0.25) is 0 Å². The molecule has 0 aromatic carbocycles. The number of aromatic nitrogens is 3. The lowest BCUT2D eigenvalue weighted by atomic mass is 10.1. The maximum atomic E-state index is 12.4. The molecule has 1 amide bonds. The highest BCUT2D eigenvalue weighted by atomic mass is 16.5. The van der Waals surface area contributed by atoms with E-state index in [1.807, 2.05) is 32.8 Å². The predicted octanol–water partition coefficient (Wildman–Crippen LogP) is 2.71. The second-order valence-electron chi connectivity index (χ2n) is 7.20. The molecule has 146 valence electrons. The molecule has 0 saturated carbocycles. The van der Waals surface area contributed by atoms with Crippen LogP contribution < -0.4 is 15.1 Å². The summed E-state index contributed by atoms with van der Waals surface area (Å²) in [4.78, 5) is 25.7. The van der Waals surface area contributed by atoms with E-state index < -0.39 is 0 Å². The Morgan fingerprint density at radius 1 is 1.26 bits per heavy atom. The van der Waals surface area contributed by atoms with Gasteiger partial charge < -0.3 is 19.6 Å². The van der Waals surface area contributed by atoms with Crippen molar-refractivity contribution in [1.82, 2.24) is 15.1 Å². The van der Waals surface area contributed by atoms with Gasteiger partial charge in [-0.3, -0.25) is 4.79 Å². The standard InChI is InChI=1S/C19H28N6O2/c1-13-15(14(2)27-23-13)8-9-17(26)21-16-12-20-19(22-18(16)24(3)4)25-10-6-5-7-11-25/h12H,5-11H2,1-4H3,(H,21,26). The third-order valence-corrected chi connectivity index (χ3v) is 4.88. The van der Waals surface area contributed by atoms with Crippen molar-refractivity contribution < 1.29 is 9.32 Å². The summed E-state index contributed by atoms with van der Waals surface area (Å²) in [7, 11) is 3.84. The summed E-state index contributed by atoms with van der Waals surface area (Å²) in [5.41, 5.74) is 2.46. The molecule has 2 aromatic rings. The zero-order chi connectivity index (χ0) is 19.4. The molecule has 0 aliphatic carbocycles. The Kier molecular flexibility index (Phi) is 5.93. The summed E-state index contributed by atoms with van der Waals surface area (Å²) in [5, 5.41) is 6.88. The van der Waals surface area contributed by atoms with Crippen molar-refractivity contribution >= 4 is 23.4 Å². The summed E-state index contributed by atoms with van der Waals surface area (Å²) < 4.78 is 5.15. The highest BCUT2D eigenvalue weighted by Gasteiger charge is 2.18. The van der Waals surface area contributed by atoms with Crippen LogP contribution in [0.1, 0.15) is 42.7 Å². The lowest BCUT2D eigenvalue weighted by molar-refractivity contribution is -0.116. The van der Waals surface area contributed by atoms with Crippen molar-refractivity contribution in [3.05, 3.63) is 23.2 Å². The number of carbonyl (C=O) groups excluding carboxylic acids is 1. The number of aryl methyl sites for hydroxylation is 2. The first-order chi connectivity index (χ1) is 13.0. The fourth-order valence-corrected chi connectivity index (χ4v) is 3.35. The summed E-state index contributed by atoms with van der Waals surface area (Å²) in [6, 6.07) is 0. The van der Waals surface area contributed by atoms with Crippen LogP contribution in [0.5, 0.6) is 0 Å². The Morgan fingerprint density at radius 3 is 2.63 bits per heavy atom. The van der Waals surface area contributed by atoms with E-state index >= 15 is 0 Å².